The number of guanidine groups is 1. The van der Waals surface area contributed by atoms with Crippen molar-refractivity contribution in [3.8, 4) is 5.75 Å². The maximum Gasteiger partial charge on any atom is 0.224 e. The number of ether oxygens (including phenoxy) is 1. The molecule has 156 valence electrons. The van der Waals surface area contributed by atoms with Crippen LogP contribution in [0.25, 0.3) is 0 Å². The number of hydrogen-bond donors (Lipinski definition) is 3. The number of carbonyl (C=O) groups excluding carboxylic acids is 1. The van der Waals surface area contributed by atoms with Crippen LogP contribution in [0.5, 0.6) is 5.75 Å². The molecule has 1 atom stereocenters. The summed E-state index contributed by atoms with van der Waals surface area (Å²) in [5, 5.41) is 7.12. The molecule has 29 heavy (non-hydrogen) atoms. The zero-order valence-corrected chi connectivity index (χ0v) is 19.7. The van der Waals surface area contributed by atoms with Crippen LogP contribution >= 0.6 is 47.2 Å². The van der Waals surface area contributed by atoms with Gasteiger partial charge in [0.05, 0.1) is 12.6 Å². The third-order valence-electron chi connectivity index (χ3n) is 4.41. The number of benzene rings is 2. The SMILES string of the molecule is CC(NC(N)=NCCOc1ccc2c(c1)CCC(=O)N2)c1ccc(Cl)cc1Cl.I. The van der Waals surface area contributed by atoms with Crippen molar-refractivity contribution in [2.75, 3.05) is 18.5 Å². The highest BCUT2D eigenvalue weighted by Gasteiger charge is 2.15. The number of hydrogen-bond acceptors (Lipinski definition) is 3. The van der Waals surface area contributed by atoms with E-state index < -0.39 is 0 Å². The van der Waals surface area contributed by atoms with E-state index in [9.17, 15) is 4.79 Å². The Balaban J connectivity index is 0.00000300. The van der Waals surface area contributed by atoms with E-state index in [1.54, 1.807) is 12.1 Å². The lowest BCUT2D eigenvalue weighted by Crippen LogP contribution is -2.34. The predicted octanol–water partition coefficient (Wildman–Crippen LogP) is 4.54. The predicted molar refractivity (Wildman–Crippen MR) is 129 cm³/mol. The molecule has 4 N–H and O–H groups in total. The summed E-state index contributed by atoms with van der Waals surface area (Å²) in [5.74, 6) is 1.11. The second-order valence-electron chi connectivity index (χ2n) is 6.51. The number of amides is 1. The third kappa shape index (κ3) is 6.65. The van der Waals surface area contributed by atoms with Gasteiger partial charge in [0.1, 0.15) is 12.4 Å². The standard InChI is InChI=1S/C20H22Cl2N4O2.HI/c1-12(16-5-3-14(21)11-17(16)22)25-20(23)24-8-9-28-15-4-6-18-13(10-15)2-7-19(27)26-18;/h3-6,10-12H,2,7-9H2,1H3,(H,26,27)(H3,23,24,25);1H. The molecule has 6 nitrogen and oxygen atoms in total. The molecule has 9 heteroatoms. The van der Waals surface area contributed by atoms with E-state index in [0.29, 0.717) is 35.6 Å². The van der Waals surface area contributed by atoms with Crippen LogP contribution in [0.15, 0.2) is 41.4 Å². The van der Waals surface area contributed by atoms with Crippen molar-refractivity contribution >= 4 is 64.7 Å². The lowest BCUT2D eigenvalue weighted by atomic mass is 10.0. The van der Waals surface area contributed by atoms with Gasteiger partial charge in [0.25, 0.3) is 0 Å². The Bertz CT molecular complexity index is 908. The van der Waals surface area contributed by atoms with Gasteiger partial charge in [-0.1, -0.05) is 29.3 Å². The Morgan fingerprint density at radius 2 is 2.07 bits per heavy atom. The second-order valence-corrected chi connectivity index (χ2v) is 7.36. The molecule has 0 fully saturated rings. The molecule has 1 aliphatic heterocycles. The van der Waals surface area contributed by atoms with Crippen molar-refractivity contribution in [2.24, 2.45) is 10.7 Å². The van der Waals surface area contributed by atoms with Crippen LogP contribution in [0.4, 0.5) is 5.69 Å². The monoisotopic (exact) mass is 548 g/mol. The van der Waals surface area contributed by atoms with E-state index in [-0.39, 0.29) is 35.9 Å². The fourth-order valence-electron chi connectivity index (χ4n) is 2.98. The van der Waals surface area contributed by atoms with Gasteiger partial charge >= 0.3 is 0 Å². The maximum atomic E-state index is 11.4. The highest BCUT2D eigenvalue weighted by molar-refractivity contribution is 14.0. The average molecular weight is 549 g/mol. The number of nitrogens with zero attached hydrogens (tertiary/aromatic N) is 1. The van der Waals surface area contributed by atoms with Gasteiger partial charge in [-0.2, -0.15) is 0 Å². The molecule has 2 aromatic rings. The number of anilines is 1. The van der Waals surface area contributed by atoms with Gasteiger partial charge in [-0.05, 0) is 54.8 Å². The van der Waals surface area contributed by atoms with E-state index >= 15 is 0 Å². The van der Waals surface area contributed by atoms with Gasteiger partial charge in [-0.25, -0.2) is 4.99 Å². The number of fused-ring (bicyclic) bond motifs is 1. The molecule has 0 saturated heterocycles. The molecule has 0 radical (unpaired) electrons. The van der Waals surface area contributed by atoms with Crippen LogP contribution in [0.3, 0.4) is 0 Å². The molecule has 0 saturated carbocycles. The van der Waals surface area contributed by atoms with Crippen LogP contribution < -0.4 is 21.1 Å². The van der Waals surface area contributed by atoms with Crippen molar-refractivity contribution in [1.29, 1.82) is 0 Å². The van der Waals surface area contributed by atoms with Gasteiger partial charge in [0.2, 0.25) is 5.91 Å². The minimum absolute atomic E-state index is 0. The molecule has 1 unspecified atom stereocenters. The first kappa shape index (κ1) is 23.6. The summed E-state index contributed by atoms with van der Waals surface area (Å²) in [5.41, 5.74) is 8.77. The Labute approximate surface area is 197 Å². The number of nitrogens with two attached hydrogens (primary N) is 1. The van der Waals surface area contributed by atoms with Crippen LogP contribution in [-0.2, 0) is 11.2 Å². The molecule has 1 amide bonds. The van der Waals surface area contributed by atoms with Gasteiger partial charge in [0.15, 0.2) is 5.96 Å². The molecule has 0 bridgehead atoms. The topological polar surface area (TPSA) is 88.7 Å². The highest BCUT2D eigenvalue weighted by atomic mass is 127. The number of halogens is 3. The van der Waals surface area contributed by atoms with Gasteiger partial charge in [0, 0.05) is 22.2 Å². The minimum atomic E-state index is -0.106. The quantitative estimate of drug-likeness (QED) is 0.214. The lowest BCUT2D eigenvalue weighted by molar-refractivity contribution is -0.116. The van der Waals surface area contributed by atoms with E-state index in [4.69, 9.17) is 33.7 Å². The number of aryl methyl sites for hydroxylation is 1. The van der Waals surface area contributed by atoms with E-state index in [0.717, 1.165) is 29.0 Å². The Morgan fingerprint density at radius 3 is 2.83 bits per heavy atom. The van der Waals surface area contributed by atoms with E-state index in [1.165, 1.54) is 0 Å². The number of aliphatic imine (C=N–C) groups is 1. The van der Waals surface area contributed by atoms with Crippen molar-refractivity contribution in [3.63, 3.8) is 0 Å². The average Bonchev–Trinajstić information content (AvgIpc) is 2.65. The fraction of sp³-hybridized carbons (Fsp3) is 0.300. The van der Waals surface area contributed by atoms with Crippen molar-refractivity contribution in [2.45, 2.75) is 25.8 Å². The maximum absolute atomic E-state index is 11.4. The first-order valence-electron chi connectivity index (χ1n) is 8.99. The number of rotatable bonds is 6. The fourth-order valence-corrected chi connectivity index (χ4v) is 3.55. The zero-order chi connectivity index (χ0) is 20.1. The lowest BCUT2D eigenvalue weighted by Gasteiger charge is -2.18. The summed E-state index contributed by atoms with van der Waals surface area (Å²) >= 11 is 12.1. The van der Waals surface area contributed by atoms with E-state index in [2.05, 4.69) is 15.6 Å². The summed E-state index contributed by atoms with van der Waals surface area (Å²) in [7, 11) is 0. The second kappa shape index (κ2) is 10.9. The molecule has 1 aliphatic rings. The highest BCUT2D eigenvalue weighted by Crippen LogP contribution is 2.27. The summed E-state index contributed by atoms with van der Waals surface area (Å²) in [4.78, 5) is 15.7. The van der Waals surface area contributed by atoms with Gasteiger partial charge < -0.3 is 21.1 Å². The third-order valence-corrected chi connectivity index (χ3v) is 4.97. The van der Waals surface area contributed by atoms with Crippen molar-refractivity contribution in [3.05, 3.63) is 57.6 Å². The first-order valence-corrected chi connectivity index (χ1v) is 9.75. The van der Waals surface area contributed by atoms with Crippen LogP contribution in [0, 0.1) is 0 Å². The molecule has 0 aliphatic carbocycles. The minimum Gasteiger partial charge on any atom is -0.492 e. The van der Waals surface area contributed by atoms with E-state index in [1.807, 2.05) is 31.2 Å². The Morgan fingerprint density at radius 1 is 1.28 bits per heavy atom. The van der Waals surface area contributed by atoms with Gasteiger partial charge in [-0.3, -0.25) is 4.79 Å². The Hall–Kier alpha value is -1.71. The molecular weight excluding hydrogens is 526 g/mol. The molecule has 1 heterocycles. The molecular formula is C20H23Cl2IN4O2. The summed E-state index contributed by atoms with van der Waals surface area (Å²) in [6.45, 7) is 2.75. The zero-order valence-electron chi connectivity index (χ0n) is 15.9. The normalized spacial score (nSPS) is 14.3. The number of nitrogens with one attached hydrogen (secondary N) is 2. The summed E-state index contributed by atoms with van der Waals surface area (Å²) in [6.07, 6.45) is 1.22. The van der Waals surface area contributed by atoms with Gasteiger partial charge in [-0.15, -0.1) is 24.0 Å². The summed E-state index contributed by atoms with van der Waals surface area (Å²) in [6, 6.07) is 10.9. The van der Waals surface area contributed by atoms with Crippen molar-refractivity contribution in [1.82, 2.24) is 5.32 Å². The Kier molecular flexibility index (Phi) is 8.85. The number of carbonyl (C=O) groups is 1. The molecule has 2 aromatic carbocycles. The van der Waals surface area contributed by atoms with Crippen LogP contribution in [0.1, 0.15) is 30.5 Å². The first-order chi connectivity index (χ1) is 13.4. The molecule has 3 rings (SSSR count). The largest absolute Gasteiger partial charge is 0.492 e. The molecule has 0 aromatic heterocycles. The molecule has 0 spiro atoms. The van der Waals surface area contributed by atoms with Crippen LogP contribution in [0.2, 0.25) is 10.0 Å². The van der Waals surface area contributed by atoms with Crippen LogP contribution in [-0.4, -0.2) is 25.0 Å². The summed E-state index contributed by atoms with van der Waals surface area (Å²) < 4.78 is 5.73. The smallest absolute Gasteiger partial charge is 0.224 e. The van der Waals surface area contributed by atoms with Crippen molar-refractivity contribution < 1.29 is 9.53 Å².